The molecule has 0 radical (unpaired) electrons. The van der Waals surface area contributed by atoms with Gasteiger partial charge in [-0.2, -0.15) is 0 Å². The van der Waals surface area contributed by atoms with Crippen molar-refractivity contribution in [2.75, 3.05) is 39.9 Å². The lowest BCUT2D eigenvalue weighted by molar-refractivity contribution is -0.127. The van der Waals surface area contributed by atoms with E-state index in [0.29, 0.717) is 13.2 Å². The highest BCUT2D eigenvalue weighted by Crippen LogP contribution is 2.36. The van der Waals surface area contributed by atoms with Crippen LogP contribution in [0.5, 0.6) is 0 Å². The van der Waals surface area contributed by atoms with E-state index in [1.807, 2.05) is 13.8 Å². The Morgan fingerprint density at radius 1 is 1.60 bits per heavy atom. The molecule has 2 aliphatic heterocycles. The molecule has 2 atom stereocenters. The van der Waals surface area contributed by atoms with Gasteiger partial charge in [-0.1, -0.05) is 0 Å². The van der Waals surface area contributed by atoms with Crippen molar-refractivity contribution in [3.8, 4) is 0 Å². The van der Waals surface area contributed by atoms with Crippen molar-refractivity contribution in [3.05, 3.63) is 0 Å². The number of likely N-dealkylation sites (N-methyl/N-ethyl adjacent to an activating group) is 1. The molecule has 1 amide bonds. The number of nitrogens with zero attached hydrogens (tertiary/aromatic N) is 1. The third kappa shape index (κ3) is 4.15. The van der Waals surface area contributed by atoms with Crippen LogP contribution in [0.15, 0.2) is 0 Å². The van der Waals surface area contributed by atoms with Gasteiger partial charge < -0.3 is 19.9 Å². The maximum Gasteiger partial charge on any atom is 0.245 e. The van der Waals surface area contributed by atoms with E-state index in [2.05, 4.69) is 10.2 Å². The molecule has 0 aromatic carbocycles. The fourth-order valence-corrected chi connectivity index (χ4v) is 3.07. The molecule has 0 bridgehead atoms. The number of ether oxygens (including phenoxy) is 2. The topological polar surface area (TPSA) is 71.0 Å². The Hall–Kier alpha value is -0.690. The van der Waals surface area contributed by atoms with Crippen LogP contribution in [-0.2, 0) is 14.3 Å². The first-order valence-electron chi connectivity index (χ1n) is 7.23. The quantitative estimate of drug-likeness (QED) is 0.729. The molecule has 2 rings (SSSR count). The fraction of sp³-hybridized carbons (Fsp3) is 0.929. The molecule has 0 unspecified atom stereocenters. The van der Waals surface area contributed by atoms with E-state index < -0.39 is 5.60 Å². The summed E-state index contributed by atoms with van der Waals surface area (Å²) >= 11 is 0. The van der Waals surface area contributed by atoms with Gasteiger partial charge in [-0.3, -0.25) is 9.69 Å². The van der Waals surface area contributed by atoms with Gasteiger partial charge in [0.2, 0.25) is 5.91 Å². The van der Waals surface area contributed by atoms with Crippen LogP contribution in [-0.4, -0.2) is 73.1 Å². The molecule has 0 aromatic heterocycles. The van der Waals surface area contributed by atoms with Crippen molar-refractivity contribution >= 4 is 5.91 Å². The predicted octanol–water partition coefficient (Wildman–Crippen LogP) is -0.247. The van der Waals surface area contributed by atoms with Crippen LogP contribution in [0.2, 0.25) is 0 Å². The van der Waals surface area contributed by atoms with Gasteiger partial charge in [-0.15, -0.1) is 0 Å². The number of carbonyl (C=O) groups is 1. The van der Waals surface area contributed by atoms with Crippen LogP contribution >= 0.6 is 0 Å². The molecule has 116 valence electrons. The molecule has 6 heteroatoms. The lowest BCUT2D eigenvalue weighted by Gasteiger charge is -2.27. The van der Waals surface area contributed by atoms with Gasteiger partial charge in [0.25, 0.3) is 0 Å². The molecular formula is C14H26N2O4. The van der Waals surface area contributed by atoms with E-state index in [-0.39, 0.29) is 24.2 Å². The second kappa shape index (κ2) is 5.97. The first-order valence-corrected chi connectivity index (χ1v) is 7.23. The van der Waals surface area contributed by atoms with Crippen molar-refractivity contribution in [1.29, 1.82) is 0 Å². The summed E-state index contributed by atoms with van der Waals surface area (Å²) in [5.41, 5.74) is -0.835. The normalized spacial score (nSPS) is 31.1. The number of hydrogen-bond donors (Lipinski definition) is 2. The van der Waals surface area contributed by atoms with Gasteiger partial charge in [-0.05, 0) is 20.3 Å². The minimum Gasteiger partial charge on any atom is -0.389 e. The van der Waals surface area contributed by atoms with Crippen LogP contribution in [0.25, 0.3) is 0 Å². The van der Waals surface area contributed by atoms with Gasteiger partial charge in [0.15, 0.2) is 0 Å². The highest BCUT2D eigenvalue weighted by Gasteiger charge is 2.46. The first kappa shape index (κ1) is 15.7. The molecule has 20 heavy (non-hydrogen) atoms. The average Bonchev–Trinajstić information content (AvgIpc) is 2.92. The Labute approximate surface area is 120 Å². The van der Waals surface area contributed by atoms with Crippen LogP contribution in [0, 0.1) is 0 Å². The predicted molar refractivity (Wildman–Crippen MR) is 74.5 cm³/mol. The number of hydrogen-bond acceptors (Lipinski definition) is 5. The highest BCUT2D eigenvalue weighted by atomic mass is 16.6. The number of carbonyl (C=O) groups excluding carboxylic acids is 1. The van der Waals surface area contributed by atoms with Crippen molar-refractivity contribution in [1.82, 2.24) is 10.2 Å². The molecule has 2 heterocycles. The number of amides is 1. The van der Waals surface area contributed by atoms with Crippen LogP contribution < -0.4 is 5.32 Å². The largest absolute Gasteiger partial charge is 0.389 e. The summed E-state index contributed by atoms with van der Waals surface area (Å²) in [5, 5.41) is 12.4. The Bertz CT molecular complexity index is 356. The molecule has 0 saturated carbocycles. The molecule has 2 N–H and O–H groups in total. The first-order chi connectivity index (χ1) is 9.32. The highest BCUT2D eigenvalue weighted by molar-refractivity contribution is 5.76. The molecule has 1 spiro atoms. The van der Waals surface area contributed by atoms with Gasteiger partial charge in [0.05, 0.1) is 23.9 Å². The molecule has 0 aromatic rings. The second-order valence-electron chi connectivity index (χ2n) is 6.58. The molecule has 2 saturated heterocycles. The maximum absolute atomic E-state index is 11.2. The minimum atomic E-state index is -0.681. The molecule has 2 aliphatic rings. The van der Waals surface area contributed by atoms with Gasteiger partial charge in [-0.25, -0.2) is 0 Å². The summed E-state index contributed by atoms with van der Waals surface area (Å²) in [4.78, 5) is 13.4. The number of rotatable bonds is 5. The molecular weight excluding hydrogens is 260 g/mol. The average molecular weight is 286 g/mol. The number of β-amino-alcohol motifs (C(OH)–C–C–N with tert-alkyl or cyclic N) is 1. The fourth-order valence-electron chi connectivity index (χ4n) is 3.07. The maximum atomic E-state index is 11.2. The smallest absolute Gasteiger partial charge is 0.245 e. The van der Waals surface area contributed by atoms with Gasteiger partial charge >= 0.3 is 0 Å². The monoisotopic (exact) mass is 286 g/mol. The number of likely N-dealkylation sites (tertiary alicyclic amines) is 1. The molecule has 0 aliphatic carbocycles. The van der Waals surface area contributed by atoms with Gasteiger partial charge in [0, 0.05) is 33.1 Å². The SMILES string of the molecule is CNC(=O)CO[C@@H]1CO[C@]2(CCN(CC(C)(C)O)C2)C1. The van der Waals surface area contributed by atoms with Crippen molar-refractivity contribution in [3.63, 3.8) is 0 Å². The summed E-state index contributed by atoms with van der Waals surface area (Å²) in [5.74, 6) is -0.110. The Kier molecular flexibility index (Phi) is 4.69. The molecule has 2 fully saturated rings. The zero-order valence-corrected chi connectivity index (χ0v) is 12.6. The van der Waals surface area contributed by atoms with E-state index in [1.54, 1.807) is 7.05 Å². The Balaban J connectivity index is 1.79. The summed E-state index contributed by atoms with van der Waals surface area (Å²) in [7, 11) is 1.60. The summed E-state index contributed by atoms with van der Waals surface area (Å²) < 4.78 is 11.5. The van der Waals surface area contributed by atoms with Crippen LogP contribution in [0.1, 0.15) is 26.7 Å². The Morgan fingerprint density at radius 2 is 2.35 bits per heavy atom. The van der Waals surface area contributed by atoms with E-state index >= 15 is 0 Å². The second-order valence-corrected chi connectivity index (χ2v) is 6.58. The van der Waals surface area contributed by atoms with Crippen molar-refractivity contribution in [2.45, 2.75) is 44.0 Å². The Morgan fingerprint density at radius 3 is 3.00 bits per heavy atom. The standard InChI is InChI=1S/C14H26N2O4/c1-13(2,18)9-16-5-4-14(10-16)6-11(7-20-14)19-8-12(17)15-3/h11,18H,4-10H2,1-3H3,(H,15,17)/t11-,14+/m0/s1. The van der Waals surface area contributed by atoms with Crippen molar-refractivity contribution in [2.24, 2.45) is 0 Å². The van der Waals surface area contributed by atoms with E-state index in [9.17, 15) is 9.90 Å². The van der Waals surface area contributed by atoms with Crippen LogP contribution in [0.3, 0.4) is 0 Å². The summed E-state index contributed by atoms with van der Waals surface area (Å²) in [6.45, 7) is 6.71. The van der Waals surface area contributed by atoms with Gasteiger partial charge in [0.1, 0.15) is 6.61 Å². The van der Waals surface area contributed by atoms with E-state index in [0.717, 1.165) is 25.9 Å². The zero-order valence-electron chi connectivity index (χ0n) is 12.6. The minimum absolute atomic E-state index is 0.00520. The number of aliphatic hydroxyl groups is 1. The van der Waals surface area contributed by atoms with Crippen molar-refractivity contribution < 1.29 is 19.4 Å². The van der Waals surface area contributed by atoms with E-state index in [4.69, 9.17) is 9.47 Å². The zero-order chi connectivity index (χ0) is 14.8. The lowest BCUT2D eigenvalue weighted by Crippen LogP contribution is -2.40. The number of nitrogens with one attached hydrogen (secondary N) is 1. The van der Waals surface area contributed by atoms with E-state index in [1.165, 1.54) is 0 Å². The summed E-state index contributed by atoms with van der Waals surface area (Å²) in [6, 6.07) is 0. The van der Waals surface area contributed by atoms with Crippen LogP contribution in [0.4, 0.5) is 0 Å². The molecule has 6 nitrogen and oxygen atoms in total. The third-order valence-corrected chi connectivity index (χ3v) is 3.91. The lowest BCUT2D eigenvalue weighted by atomic mass is 9.98. The summed E-state index contributed by atoms with van der Waals surface area (Å²) in [6.07, 6.45) is 1.78. The third-order valence-electron chi connectivity index (χ3n) is 3.91.